The number of urea groups is 1. The smallest absolute Gasteiger partial charge is 0.325 e. The maximum absolute atomic E-state index is 16.9. The van der Waals surface area contributed by atoms with Crippen LogP contribution in [0.4, 0.5) is 10.5 Å². The maximum atomic E-state index is 16.9. The number of fused-ring (bicyclic) bond motifs is 16. The van der Waals surface area contributed by atoms with E-state index in [9.17, 15) is 68.8 Å². The molecule has 7 aromatic carbocycles. The van der Waals surface area contributed by atoms with Gasteiger partial charge in [0.05, 0.1) is 53.9 Å². The summed E-state index contributed by atoms with van der Waals surface area (Å²) in [7, 11) is -1.30. The van der Waals surface area contributed by atoms with Crippen molar-refractivity contribution >= 4 is 80.6 Å². The van der Waals surface area contributed by atoms with E-state index in [2.05, 4.69) is 70.1 Å². The Morgan fingerprint density at radius 1 is 0.660 bits per heavy atom. The lowest BCUT2D eigenvalue weighted by Gasteiger charge is -2.54. The number of aliphatic hydroxyl groups is 6. The van der Waals surface area contributed by atoms with Crippen molar-refractivity contribution in [2.45, 2.75) is 238 Å². The Labute approximate surface area is 816 Å². The first-order valence-corrected chi connectivity index (χ1v) is 49.0. The third-order valence-corrected chi connectivity index (χ3v) is 29.5. The number of hydrogen-bond acceptors (Lipinski definition) is 31. The van der Waals surface area contributed by atoms with Gasteiger partial charge in [0.25, 0.3) is 0 Å². The van der Waals surface area contributed by atoms with E-state index in [0.717, 1.165) is 99.9 Å². The maximum Gasteiger partial charge on any atom is 0.325 e. The van der Waals surface area contributed by atoms with Gasteiger partial charge in [-0.15, -0.1) is 0 Å². The van der Waals surface area contributed by atoms with Gasteiger partial charge in [-0.25, -0.2) is 17.9 Å². The number of unbranched alkanes of at least 4 members (excludes halogenated alkanes) is 2. The number of aliphatic hydroxyl groups excluding tert-OH is 6. The number of methoxy groups -OCH3 is 1. The van der Waals surface area contributed by atoms with Crippen LogP contribution in [0.3, 0.4) is 0 Å². The topological polar surface area (TPSA) is 614 Å². The zero-order valence-corrected chi connectivity index (χ0v) is 79.7. The minimum atomic E-state index is -4.16. The highest BCUT2D eigenvalue weighted by atomic mass is 35.5. The Balaban J connectivity index is 0.865. The number of carbonyl (C=O) groups is 9. The molecule has 1 unspecified atom stereocenters. The molecular formula is C98H118ClN13O28S. The number of imide groups is 1. The fraction of sp³-hybridized carbons (Fsp3) is 0.480. The molecule has 141 heavy (non-hydrogen) atoms. The van der Waals surface area contributed by atoms with Gasteiger partial charge in [-0.2, -0.15) is 0 Å². The minimum absolute atomic E-state index is 0.0158. The molecule has 23 N–H and O–H groups in total. The van der Waals surface area contributed by atoms with Crippen LogP contribution in [0.25, 0.3) is 11.1 Å². The predicted molar refractivity (Wildman–Crippen MR) is 503 cm³/mol. The molecule has 8 aliphatic heterocycles. The zero-order chi connectivity index (χ0) is 101. The zero-order valence-electron chi connectivity index (χ0n) is 78.2. The fourth-order valence-corrected chi connectivity index (χ4v) is 21.8. The standard InChI is InChI=1S/C98H118ClN13O28S/c1-8-9-10-27-134-55-18-20-56(21-19-55)141(131,132)103-26-25-102-42-60-65(114)39-59-72(81(60)118)57-34-47(11-22-64(57)113)74-91(125)112-78(95(129)110-76(59)93(127)107-73-50-30-45-29-46(32-50)33-51(73)31-45)80(117)49-13-24-67(61(99)36-49)137-69-38-52-37-68-85(69)139-96-87(138-71-41-98(5,100)88(122)44(4)135-71)84(121)83(120)86(140-96)82(119)58-35-48(12-23-66(58)136-68)79(116)77(111-89(123)62(101-6)28-43(2)3)94(128)105-63(90(124)108-75(52)92(126)109-74)40-70(115)106-97(130)104-53-14-16-54(133-7)17-15-53/h11-24,34-39,43-46,50-51,62-63,71,73-80,82-84,86-88,96,101-103,113-114,116-122H,8-10,25-33,40-42,100H2,1-7H3,(H,105,128)(H,107,127)(H,108,124)(H,109,126)(H,110,129)(H,111,123)(H,112,125)(H2,104,106,115,130)/t44-,45?,46?,50?,51?,62+,63-,71-,73?,74+,75+,76-,77+,78-,79+,80+,82?,83-,84-,86+,87+,88+,96+,98-/m0/s1. The molecule has 6 fully saturated rings. The van der Waals surface area contributed by atoms with E-state index in [4.69, 9.17) is 55.2 Å². The van der Waals surface area contributed by atoms with Gasteiger partial charge in [0, 0.05) is 60.0 Å². The van der Waals surface area contributed by atoms with Crippen LogP contribution in [-0.2, 0) is 69.1 Å². The normalized spacial score (nSPS) is 29.1. The first-order chi connectivity index (χ1) is 67.2. The molecule has 8 heterocycles. The van der Waals surface area contributed by atoms with Crippen LogP contribution >= 0.6 is 11.6 Å². The van der Waals surface area contributed by atoms with Crippen molar-refractivity contribution in [3.05, 3.63) is 165 Å². The summed E-state index contributed by atoms with van der Waals surface area (Å²) in [4.78, 5) is 141. The van der Waals surface area contributed by atoms with Crippen LogP contribution in [0.15, 0.2) is 126 Å². The van der Waals surface area contributed by atoms with Crippen molar-refractivity contribution in [2.24, 2.45) is 35.3 Å². The summed E-state index contributed by atoms with van der Waals surface area (Å²) in [6.07, 6.45) is -15.5. The molecule has 4 saturated carbocycles. The molecule has 18 bridgehead atoms. The van der Waals surface area contributed by atoms with Crippen molar-refractivity contribution in [2.75, 3.05) is 39.2 Å². The van der Waals surface area contributed by atoms with Crippen LogP contribution in [0.1, 0.15) is 181 Å². The van der Waals surface area contributed by atoms with Crippen molar-refractivity contribution < 1.29 is 135 Å². The number of amides is 10. The highest BCUT2D eigenvalue weighted by Gasteiger charge is 2.55. The number of phenolic OH excluding ortho intramolecular Hbond substituents is 3. The van der Waals surface area contributed by atoms with Gasteiger partial charge in [-0.3, -0.25) is 43.7 Å². The molecule has 0 aromatic heterocycles. The number of ether oxygens (including phenoxy) is 8. The van der Waals surface area contributed by atoms with Crippen molar-refractivity contribution in [1.82, 2.24) is 57.9 Å². The Hall–Kier alpha value is -12.1. The van der Waals surface area contributed by atoms with Crippen molar-refractivity contribution in [1.29, 1.82) is 0 Å². The number of sulfonamides is 1. The van der Waals surface area contributed by atoms with Gasteiger partial charge in [0.1, 0.15) is 113 Å². The molecule has 0 radical (unpaired) electrons. The third kappa shape index (κ3) is 22.1. The van der Waals surface area contributed by atoms with E-state index in [-0.39, 0.29) is 82.3 Å². The monoisotopic (exact) mass is 1990 g/mol. The van der Waals surface area contributed by atoms with Crippen LogP contribution in [-0.4, -0.2) is 226 Å². The number of benzene rings is 7. The van der Waals surface area contributed by atoms with Crippen molar-refractivity contribution in [3.8, 4) is 68.6 Å². The molecule has 756 valence electrons. The Kier molecular flexibility index (Phi) is 30.8. The minimum Gasteiger partial charge on any atom is -0.507 e. The molecule has 0 spiro atoms. The molecule has 12 aliphatic rings. The molecule has 4 aliphatic carbocycles. The summed E-state index contributed by atoms with van der Waals surface area (Å²) in [5.41, 5.74) is 1.79. The van der Waals surface area contributed by atoms with Gasteiger partial charge in [0.15, 0.2) is 23.9 Å². The number of nitrogens with one attached hydrogen (secondary N) is 12. The van der Waals surface area contributed by atoms with Gasteiger partial charge >= 0.3 is 6.03 Å². The van der Waals surface area contributed by atoms with Crippen molar-refractivity contribution in [3.63, 3.8) is 0 Å². The lowest BCUT2D eigenvalue weighted by molar-refractivity contribution is -0.339. The van der Waals surface area contributed by atoms with E-state index >= 15 is 28.8 Å². The van der Waals surface area contributed by atoms with Crippen LogP contribution < -0.4 is 92.6 Å². The fourth-order valence-electron chi connectivity index (χ4n) is 20.5. The highest BCUT2D eigenvalue weighted by Crippen LogP contribution is 2.56. The number of rotatable bonds is 25. The molecular weight excluding hydrogens is 1870 g/mol. The SMILES string of the molecule is CCCCCOc1ccc(S(=O)(=O)NCCNCc2c(O)cc3c(c2O)-c2cc(ccc2O)[C@H]2NC(=O)[C@@H]4NC(=O)[C@H](CC(=O)NC(=O)Nc5ccc(OC)cc5)NC(=O)[C@H](NC(=O)[C@@H](CC(C)C)NC)[C@H](O)c5ccc6c(c5)C(O)[C@H]5O[C@@H](Oc7c(cc4cc7O6)Oc4ccc(cc4Cl)[C@@H](O)[C@H](NC2=O)C(=O)N[C@@H]3C(=O)NC2C3CC4CC(C3)CC2C4)[C@H](O[C@H]2C[C@](C)(N)[C@H](O)[C@H](C)O2)[C@@H](O)[C@@H]5O)cc1. The molecule has 41 nitrogen and oxygen atoms in total. The van der Waals surface area contributed by atoms with Gasteiger partial charge in [0.2, 0.25) is 69.3 Å². The lowest BCUT2D eigenvalue weighted by Crippen LogP contribution is -2.64. The van der Waals surface area contributed by atoms with Gasteiger partial charge < -0.3 is 143 Å². The Bertz CT molecular complexity index is 6000. The molecule has 43 heteroatoms. The number of anilines is 1. The van der Waals surface area contributed by atoms with E-state index in [1.165, 1.54) is 101 Å². The number of halogens is 1. The number of hydrogen-bond donors (Lipinski definition) is 22. The highest BCUT2D eigenvalue weighted by molar-refractivity contribution is 7.89. The van der Waals surface area contributed by atoms with Gasteiger partial charge in [-0.1, -0.05) is 63.4 Å². The molecule has 19 atom stereocenters. The number of carbonyl (C=O) groups excluding carboxylic acids is 9. The molecule has 7 aromatic rings. The second kappa shape index (κ2) is 42.6. The summed E-state index contributed by atoms with van der Waals surface area (Å²) < 4.78 is 80.8. The number of aromatic hydroxyl groups is 3. The third-order valence-electron chi connectivity index (χ3n) is 27.7. The predicted octanol–water partition coefficient (Wildman–Crippen LogP) is 4.87. The molecule has 2 saturated heterocycles. The van der Waals surface area contributed by atoms with E-state index in [0.29, 0.717) is 29.9 Å². The Morgan fingerprint density at radius 2 is 1.31 bits per heavy atom. The molecule has 19 rings (SSSR count). The Morgan fingerprint density at radius 3 is 1.98 bits per heavy atom. The summed E-state index contributed by atoms with van der Waals surface area (Å²) in [5.74, 6) is -13.9. The summed E-state index contributed by atoms with van der Waals surface area (Å²) in [5, 5.41) is 143. The quantitative estimate of drug-likeness (QED) is 0.0339. The largest absolute Gasteiger partial charge is 0.507 e. The first kappa shape index (κ1) is 102. The summed E-state index contributed by atoms with van der Waals surface area (Å²) >= 11 is 7.36. The van der Waals surface area contributed by atoms with E-state index in [1.807, 2.05) is 0 Å². The second-order valence-electron chi connectivity index (χ2n) is 38.3. The number of phenols is 3. The summed E-state index contributed by atoms with van der Waals surface area (Å²) in [6, 6.07) is 8.57. The molecule has 10 amide bonds. The van der Waals surface area contributed by atoms with Crippen LogP contribution in [0.2, 0.25) is 5.02 Å². The van der Waals surface area contributed by atoms with Crippen LogP contribution in [0, 0.1) is 29.6 Å². The summed E-state index contributed by atoms with van der Waals surface area (Å²) in [6.45, 7) is 8.16. The lowest BCUT2D eigenvalue weighted by atomic mass is 9.54. The average molecular weight is 1990 g/mol. The van der Waals surface area contributed by atoms with E-state index < -0.39 is 271 Å². The number of nitrogens with two attached hydrogens (primary N) is 1. The number of likely N-dealkylation sites (N-methyl/N-ethyl adjacent to an activating group) is 1. The van der Waals surface area contributed by atoms with E-state index in [1.54, 1.807) is 13.8 Å². The second-order valence-corrected chi connectivity index (χ2v) is 40.4. The van der Waals surface area contributed by atoms with Gasteiger partial charge in [-0.05, 0) is 226 Å². The first-order valence-electron chi connectivity index (χ1n) is 47.1. The van der Waals surface area contributed by atoms with Crippen LogP contribution in [0.5, 0.6) is 57.5 Å². The average Bonchev–Trinajstić information content (AvgIpc) is 0.778.